The first-order valence-corrected chi connectivity index (χ1v) is 6.99. The fourth-order valence-electron chi connectivity index (χ4n) is 2.39. The zero-order valence-electron chi connectivity index (χ0n) is 12.0. The smallest absolute Gasteiger partial charge is 0.333 e. The minimum absolute atomic E-state index is 0.0723. The van der Waals surface area contributed by atoms with E-state index in [9.17, 15) is 10.1 Å². The molecule has 1 aromatic rings. The van der Waals surface area contributed by atoms with Crippen molar-refractivity contribution in [1.82, 2.24) is 5.32 Å². The first-order valence-electron chi connectivity index (χ1n) is 6.99. The van der Waals surface area contributed by atoms with Crippen molar-refractivity contribution in [2.75, 3.05) is 31.1 Å². The second-order valence-electron chi connectivity index (χ2n) is 5.14. The van der Waals surface area contributed by atoms with Gasteiger partial charge in [0.1, 0.15) is 5.69 Å². The maximum Gasteiger partial charge on any atom is 0.333 e. The van der Waals surface area contributed by atoms with E-state index in [0.29, 0.717) is 11.4 Å². The quantitative estimate of drug-likeness (QED) is 0.676. The average Bonchev–Trinajstić information content (AvgIpc) is 2.66. The van der Waals surface area contributed by atoms with Crippen molar-refractivity contribution >= 4 is 11.4 Å². The van der Waals surface area contributed by atoms with Gasteiger partial charge in [0.15, 0.2) is 5.75 Å². The molecule has 0 amide bonds. The van der Waals surface area contributed by atoms with Gasteiger partial charge in [-0.3, -0.25) is 10.1 Å². The van der Waals surface area contributed by atoms with E-state index < -0.39 is 0 Å². The number of para-hydroxylation sites is 1. The van der Waals surface area contributed by atoms with E-state index >= 15 is 0 Å². The number of anilines is 1. The standard InChI is InChI=1S/C14H21N3O3/c1-11(2)20-13-6-3-5-12(14(13)17(18)19)16-9-4-7-15-8-10-16/h3,5-6,11,15H,4,7-10H2,1-2H3. The summed E-state index contributed by atoms with van der Waals surface area (Å²) >= 11 is 0. The molecule has 1 aliphatic heterocycles. The average molecular weight is 279 g/mol. The summed E-state index contributed by atoms with van der Waals surface area (Å²) in [6.07, 6.45) is 0.890. The molecule has 1 aliphatic rings. The normalized spacial score (nSPS) is 16.1. The van der Waals surface area contributed by atoms with E-state index in [2.05, 4.69) is 10.2 Å². The van der Waals surface area contributed by atoms with Crippen LogP contribution in [0.3, 0.4) is 0 Å². The molecule has 0 aliphatic carbocycles. The summed E-state index contributed by atoms with van der Waals surface area (Å²) in [6, 6.07) is 5.28. The van der Waals surface area contributed by atoms with E-state index in [1.165, 1.54) is 0 Å². The summed E-state index contributed by atoms with van der Waals surface area (Å²) in [7, 11) is 0. The topological polar surface area (TPSA) is 67.6 Å². The largest absolute Gasteiger partial charge is 0.484 e. The molecule has 1 fully saturated rings. The molecule has 0 bridgehead atoms. The lowest BCUT2D eigenvalue weighted by molar-refractivity contribution is -0.385. The van der Waals surface area contributed by atoms with Crippen LogP contribution >= 0.6 is 0 Å². The van der Waals surface area contributed by atoms with E-state index in [-0.39, 0.29) is 16.7 Å². The van der Waals surface area contributed by atoms with Crippen LogP contribution in [-0.4, -0.2) is 37.2 Å². The van der Waals surface area contributed by atoms with Gasteiger partial charge in [0.25, 0.3) is 0 Å². The van der Waals surface area contributed by atoms with Gasteiger partial charge >= 0.3 is 5.69 Å². The molecule has 6 nitrogen and oxygen atoms in total. The third-order valence-electron chi connectivity index (χ3n) is 3.20. The maximum absolute atomic E-state index is 11.4. The Morgan fingerprint density at radius 3 is 2.85 bits per heavy atom. The fourth-order valence-corrected chi connectivity index (χ4v) is 2.39. The third kappa shape index (κ3) is 3.39. The van der Waals surface area contributed by atoms with Crippen LogP contribution < -0.4 is 15.0 Å². The van der Waals surface area contributed by atoms with Gasteiger partial charge in [-0.15, -0.1) is 0 Å². The van der Waals surface area contributed by atoms with Crippen LogP contribution in [-0.2, 0) is 0 Å². The van der Waals surface area contributed by atoms with Gasteiger partial charge in [-0.05, 0) is 38.9 Å². The molecular weight excluding hydrogens is 258 g/mol. The second kappa shape index (κ2) is 6.56. The zero-order chi connectivity index (χ0) is 14.5. The van der Waals surface area contributed by atoms with Gasteiger partial charge in [0.2, 0.25) is 0 Å². The van der Waals surface area contributed by atoms with E-state index in [1.54, 1.807) is 12.1 Å². The number of benzene rings is 1. The predicted octanol–water partition coefficient (Wildman–Crippen LogP) is 2.18. The predicted molar refractivity (Wildman–Crippen MR) is 78.6 cm³/mol. The fraction of sp³-hybridized carbons (Fsp3) is 0.571. The summed E-state index contributed by atoms with van der Waals surface area (Å²) in [6.45, 7) is 7.11. The number of hydrogen-bond donors (Lipinski definition) is 1. The summed E-state index contributed by atoms with van der Waals surface area (Å²) in [5, 5.41) is 14.7. The van der Waals surface area contributed by atoms with Gasteiger partial charge in [-0.1, -0.05) is 6.07 Å². The molecule has 1 aromatic carbocycles. The van der Waals surface area contributed by atoms with Crippen molar-refractivity contribution in [2.24, 2.45) is 0 Å². The van der Waals surface area contributed by atoms with Crippen LogP contribution in [0.15, 0.2) is 18.2 Å². The van der Waals surface area contributed by atoms with Crippen molar-refractivity contribution in [3.8, 4) is 5.75 Å². The highest BCUT2D eigenvalue weighted by atomic mass is 16.6. The second-order valence-corrected chi connectivity index (χ2v) is 5.14. The highest BCUT2D eigenvalue weighted by Gasteiger charge is 2.25. The lowest BCUT2D eigenvalue weighted by atomic mass is 10.2. The molecule has 6 heteroatoms. The molecule has 0 aromatic heterocycles. The number of hydrogen-bond acceptors (Lipinski definition) is 5. The molecule has 1 heterocycles. The van der Waals surface area contributed by atoms with Gasteiger partial charge in [-0.2, -0.15) is 0 Å². The van der Waals surface area contributed by atoms with E-state index in [0.717, 1.165) is 32.6 Å². The SMILES string of the molecule is CC(C)Oc1cccc(N2CCCNCC2)c1[N+](=O)[O-]. The maximum atomic E-state index is 11.4. The minimum atomic E-state index is -0.342. The van der Waals surface area contributed by atoms with Crippen LogP contribution in [0.2, 0.25) is 0 Å². The number of rotatable bonds is 4. The molecule has 20 heavy (non-hydrogen) atoms. The molecule has 2 rings (SSSR count). The van der Waals surface area contributed by atoms with Crippen LogP contribution in [0.1, 0.15) is 20.3 Å². The van der Waals surface area contributed by atoms with Crippen LogP contribution in [0.5, 0.6) is 5.75 Å². The molecule has 0 saturated carbocycles. The minimum Gasteiger partial charge on any atom is -0.484 e. The molecule has 0 spiro atoms. The Balaban J connectivity index is 2.37. The number of nitrogens with one attached hydrogen (secondary N) is 1. The highest BCUT2D eigenvalue weighted by Crippen LogP contribution is 2.37. The Morgan fingerprint density at radius 2 is 2.15 bits per heavy atom. The lowest BCUT2D eigenvalue weighted by Crippen LogP contribution is -2.28. The number of ether oxygens (including phenoxy) is 1. The molecule has 1 N–H and O–H groups in total. The Morgan fingerprint density at radius 1 is 1.35 bits per heavy atom. The molecule has 0 unspecified atom stereocenters. The van der Waals surface area contributed by atoms with Crippen molar-refractivity contribution in [3.05, 3.63) is 28.3 Å². The molecule has 0 atom stereocenters. The van der Waals surface area contributed by atoms with Crippen LogP contribution in [0.25, 0.3) is 0 Å². The molecule has 0 radical (unpaired) electrons. The van der Waals surface area contributed by atoms with Gasteiger partial charge in [0, 0.05) is 19.6 Å². The van der Waals surface area contributed by atoms with Crippen molar-refractivity contribution in [2.45, 2.75) is 26.4 Å². The number of nitro groups is 1. The molecular formula is C14H21N3O3. The summed E-state index contributed by atoms with van der Waals surface area (Å²) in [5.74, 6) is 0.347. The summed E-state index contributed by atoms with van der Waals surface area (Å²) < 4.78 is 5.59. The summed E-state index contributed by atoms with van der Waals surface area (Å²) in [4.78, 5) is 13.2. The Labute approximate surface area is 118 Å². The Kier molecular flexibility index (Phi) is 4.79. The van der Waals surface area contributed by atoms with Gasteiger partial charge in [-0.25, -0.2) is 0 Å². The molecule has 1 saturated heterocycles. The highest BCUT2D eigenvalue weighted by molar-refractivity contribution is 5.70. The van der Waals surface area contributed by atoms with E-state index in [4.69, 9.17) is 4.74 Å². The van der Waals surface area contributed by atoms with Crippen molar-refractivity contribution in [3.63, 3.8) is 0 Å². The van der Waals surface area contributed by atoms with Crippen LogP contribution in [0.4, 0.5) is 11.4 Å². The van der Waals surface area contributed by atoms with Crippen LogP contribution in [0, 0.1) is 10.1 Å². The van der Waals surface area contributed by atoms with Gasteiger partial charge < -0.3 is 15.0 Å². The first kappa shape index (κ1) is 14.6. The number of nitro benzene ring substituents is 1. The Hall–Kier alpha value is -1.82. The number of nitrogens with zero attached hydrogens (tertiary/aromatic N) is 2. The zero-order valence-corrected chi connectivity index (χ0v) is 12.0. The van der Waals surface area contributed by atoms with Crippen molar-refractivity contribution in [1.29, 1.82) is 0 Å². The lowest BCUT2D eigenvalue weighted by Gasteiger charge is -2.23. The van der Waals surface area contributed by atoms with E-state index in [1.807, 2.05) is 19.9 Å². The summed E-state index contributed by atoms with van der Waals surface area (Å²) in [5.41, 5.74) is 0.722. The van der Waals surface area contributed by atoms with Gasteiger partial charge in [0.05, 0.1) is 11.0 Å². The monoisotopic (exact) mass is 279 g/mol. The first-order chi connectivity index (χ1) is 9.59. The molecule has 110 valence electrons. The third-order valence-corrected chi connectivity index (χ3v) is 3.20. The Bertz CT molecular complexity index is 469. The van der Waals surface area contributed by atoms with Crippen molar-refractivity contribution < 1.29 is 9.66 Å².